The van der Waals surface area contributed by atoms with E-state index in [2.05, 4.69) is 107 Å². The van der Waals surface area contributed by atoms with Crippen molar-refractivity contribution >= 4 is 24.1 Å². The zero-order valence-corrected chi connectivity index (χ0v) is 59.1. The highest BCUT2D eigenvalue weighted by molar-refractivity contribution is 5.87. The van der Waals surface area contributed by atoms with E-state index in [1.807, 2.05) is 126 Å². The number of ether oxygens (including phenoxy) is 10. The van der Waals surface area contributed by atoms with E-state index in [0.29, 0.717) is 63.6 Å². The van der Waals surface area contributed by atoms with E-state index in [1.54, 1.807) is 13.8 Å². The fourth-order valence-corrected chi connectivity index (χ4v) is 9.54. The van der Waals surface area contributed by atoms with Crippen LogP contribution in [0.2, 0.25) is 0 Å². The third-order valence-electron chi connectivity index (χ3n) is 17.3. The molecule has 0 aromatic heterocycles. The molecule has 16 nitrogen and oxygen atoms in total. The number of alkyl carbamates (subject to hydrolysis) is 2. The summed E-state index contributed by atoms with van der Waals surface area (Å²) in [5.74, 6) is -0.0717. The maximum Gasteiger partial charge on any atom is 0.407 e. The van der Waals surface area contributed by atoms with Gasteiger partial charge in [-0.2, -0.15) is 0 Å². The minimum absolute atomic E-state index is 0.00984. The molecule has 0 saturated heterocycles. The number of hydrogen-bond acceptors (Lipinski definition) is 14. The summed E-state index contributed by atoms with van der Waals surface area (Å²) < 4.78 is 61.0. The lowest BCUT2D eigenvalue weighted by Crippen LogP contribution is -2.46. The van der Waals surface area contributed by atoms with Gasteiger partial charge in [0.2, 0.25) is 0 Å². The zero-order chi connectivity index (χ0) is 68.0. The van der Waals surface area contributed by atoms with Gasteiger partial charge in [0.15, 0.2) is 0 Å². The molecule has 0 fully saturated rings. The average Bonchev–Trinajstić information content (AvgIpc) is 0.880. The number of carbonyl (C=O) groups is 4. The molecule has 0 aliphatic heterocycles. The highest BCUT2D eigenvalue weighted by atomic mass is 16.6. The first-order chi connectivity index (χ1) is 41.9. The van der Waals surface area contributed by atoms with Crippen LogP contribution in [-0.2, 0) is 47.5 Å². The molecule has 3 aromatic rings. The van der Waals surface area contributed by atoms with Gasteiger partial charge in [0, 0.05) is 55.1 Å². The molecular formula is C74H118N2O14. The van der Waals surface area contributed by atoms with Gasteiger partial charge in [0.25, 0.3) is 0 Å². The van der Waals surface area contributed by atoms with Gasteiger partial charge in [-0.05, 0) is 157 Å². The van der Waals surface area contributed by atoms with Crippen molar-refractivity contribution < 1.29 is 66.5 Å². The molecule has 90 heavy (non-hydrogen) atoms. The molecule has 2 atom stereocenters. The standard InChI is InChI=1S/C72H112N2O14.C2H6/c1-53(2)61(75)81-48-42-73-63(77)87-69(13,14)59(55-32-23-21-24-33-55)51-85-71(17,18)65(5,6)38-27-29-44-83-67(9,10)40-46-79-57-36-31-37-58(50-57)80-47-41-68(11,12)84-45-30-28-39-66(7,8)72(19,20)86-52-60(56-34-25-22-26-35-56)70(15,16)88-64(78)74-43-49-82-62(76)54(3)4;1-2/h21-26,31-37,50,59-60H,1,3,27-30,38-49,51-52H2,2,4-20H3,(H,73,77)(H,74,78);1-2H3. The van der Waals surface area contributed by atoms with Crippen LogP contribution in [0, 0.1) is 10.8 Å². The van der Waals surface area contributed by atoms with Crippen molar-refractivity contribution in [2.75, 3.05) is 65.9 Å². The number of unbranched alkanes of at least 4 members (excludes halogenated alkanes) is 2. The number of benzene rings is 3. The van der Waals surface area contributed by atoms with Gasteiger partial charge < -0.3 is 58.0 Å². The van der Waals surface area contributed by atoms with Gasteiger partial charge in [0.05, 0.1) is 61.9 Å². The number of esters is 2. The monoisotopic (exact) mass is 1260 g/mol. The fraction of sp³-hybridized carbons (Fsp3) is 0.649. The van der Waals surface area contributed by atoms with Crippen LogP contribution in [0.25, 0.3) is 0 Å². The smallest absolute Gasteiger partial charge is 0.407 e. The van der Waals surface area contributed by atoms with Crippen LogP contribution in [0.1, 0.15) is 213 Å². The lowest BCUT2D eigenvalue weighted by molar-refractivity contribution is -0.139. The Balaban J connectivity index is 0.0000137. The summed E-state index contributed by atoms with van der Waals surface area (Å²) in [5.41, 5.74) is -1.46. The van der Waals surface area contributed by atoms with Crippen molar-refractivity contribution in [2.45, 2.75) is 235 Å². The molecule has 0 saturated carbocycles. The molecule has 3 rings (SSSR count). The largest absolute Gasteiger partial charge is 0.493 e. The lowest BCUT2D eigenvalue weighted by atomic mass is 9.73. The van der Waals surface area contributed by atoms with Crippen LogP contribution in [0.5, 0.6) is 11.5 Å². The van der Waals surface area contributed by atoms with Crippen molar-refractivity contribution in [3.63, 3.8) is 0 Å². The molecule has 508 valence electrons. The third kappa shape index (κ3) is 29.1. The molecule has 0 radical (unpaired) electrons. The van der Waals surface area contributed by atoms with Gasteiger partial charge in [-0.25, -0.2) is 19.2 Å². The SMILES string of the molecule is C=C(C)C(=O)OCCNC(=O)OC(C)(C)C(COC(C)(C)C(C)(C)CCCCOC(C)(C)CCOc1cccc(OCCC(C)(C)OCCCCC(C)(C)C(C)(C)OCC(c2ccccc2)C(C)(C)OC(=O)NCCOC(=O)C(=C)C)c1)c1ccccc1.CC. The Bertz CT molecular complexity index is 2450. The van der Waals surface area contributed by atoms with Gasteiger partial charge in [-0.3, -0.25) is 0 Å². The van der Waals surface area contributed by atoms with Crippen LogP contribution in [0.15, 0.2) is 109 Å². The van der Waals surface area contributed by atoms with Crippen LogP contribution < -0.4 is 20.1 Å². The van der Waals surface area contributed by atoms with Crippen molar-refractivity contribution in [3.05, 3.63) is 120 Å². The minimum Gasteiger partial charge on any atom is -0.493 e. The summed E-state index contributed by atoms with van der Waals surface area (Å²) in [5, 5.41) is 5.37. The summed E-state index contributed by atoms with van der Waals surface area (Å²) in [6.45, 7) is 50.8. The Kier molecular flexibility index (Phi) is 33.4. The molecule has 0 aliphatic carbocycles. The second-order valence-corrected chi connectivity index (χ2v) is 27.8. The first-order valence-corrected chi connectivity index (χ1v) is 32.5. The summed E-state index contributed by atoms with van der Waals surface area (Å²) in [6, 6.07) is 27.7. The summed E-state index contributed by atoms with van der Waals surface area (Å²) in [7, 11) is 0. The maximum atomic E-state index is 12.9. The van der Waals surface area contributed by atoms with Crippen LogP contribution >= 0.6 is 0 Å². The number of rotatable bonds is 42. The summed E-state index contributed by atoms with van der Waals surface area (Å²) in [4.78, 5) is 49.3. The molecule has 3 aromatic carbocycles. The Morgan fingerprint density at radius 1 is 0.433 bits per heavy atom. The molecular weight excluding hydrogens is 1140 g/mol. The van der Waals surface area contributed by atoms with E-state index in [9.17, 15) is 19.2 Å². The highest BCUT2D eigenvalue weighted by Crippen LogP contribution is 2.43. The first-order valence-electron chi connectivity index (χ1n) is 32.5. The van der Waals surface area contributed by atoms with E-state index in [1.165, 1.54) is 0 Å². The third-order valence-corrected chi connectivity index (χ3v) is 17.3. The lowest BCUT2D eigenvalue weighted by Gasteiger charge is -2.44. The Morgan fingerprint density at radius 2 is 0.778 bits per heavy atom. The zero-order valence-electron chi connectivity index (χ0n) is 59.1. The molecule has 0 heterocycles. The van der Waals surface area contributed by atoms with Crippen molar-refractivity contribution in [2.24, 2.45) is 10.8 Å². The molecule has 0 bridgehead atoms. The Labute approximate surface area is 542 Å². The molecule has 0 spiro atoms. The number of carbonyl (C=O) groups excluding carboxylic acids is 4. The van der Waals surface area contributed by atoms with Gasteiger partial charge in [0.1, 0.15) is 35.9 Å². The number of hydrogen-bond donors (Lipinski definition) is 2. The van der Waals surface area contributed by atoms with E-state index >= 15 is 0 Å². The predicted octanol–water partition coefficient (Wildman–Crippen LogP) is 16.6. The normalized spacial score (nSPS) is 13.2. The number of amides is 2. The van der Waals surface area contributed by atoms with Gasteiger partial charge in [-0.1, -0.05) is 134 Å². The summed E-state index contributed by atoms with van der Waals surface area (Å²) >= 11 is 0. The second kappa shape index (κ2) is 37.5. The molecule has 2 amide bonds. The summed E-state index contributed by atoms with van der Waals surface area (Å²) in [6.07, 6.45) is 5.76. The quantitative estimate of drug-likeness (QED) is 0.0236. The van der Waals surface area contributed by atoms with Crippen molar-refractivity contribution in [1.29, 1.82) is 0 Å². The van der Waals surface area contributed by atoms with E-state index in [-0.39, 0.29) is 60.2 Å². The minimum atomic E-state index is -0.934. The Morgan fingerprint density at radius 3 is 1.11 bits per heavy atom. The maximum absolute atomic E-state index is 12.9. The van der Waals surface area contributed by atoms with Gasteiger partial charge in [-0.15, -0.1) is 0 Å². The Hall–Kier alpha value is -5.94. The fourth-order valence-electron chi connectivity index (χ4n) is 9.54. The van der Waals surface area contributed by atoms with Crippen LogP contribution in [0.3, 0.4) is 0 Å². The van der Waals surface area contributed by atoms with E-state index in [0.717, 1.165) is 61.2 Å². The van der Waals surface area contributed by atoms with Crippen molar-refractivity contribution in [3.8, 4) is 11.5 Å². The average molecular weight is 1260 g/mol. The van der Waals surface area contributed by atoms with Crippen LogP contribution in [-0.4, -0.2) is 124 Å². The van der Waals surface area contributed by atoms with E-state index < -0.39 is 46.5 Å². The highest BCUT2D eigenvalue weighted by Gasteiger charge is 2.43. The predicted molar refractivity (Wildman–Crippen MR) is 360 cm³/mol. The second-order valence-electron chi connectivity index (χ2n) is 27.8. The molecule has 16 heteroatoms. The topological polar surface area (TPSA) is 185 Å². The van der Waals surface area contributed by atoms with Crippen molar-refractivity contribution in [1.82, 2.24) is 10.6 Å². The first kappa shape index (κ1) is 80.2. The van der Waals surface area contributed by atoms with Gasteiger partial charge >= 0.3 is 24.1 Å². The molecule has 2 unspecified atom stereocenters. The number of nitrogens with one attached hydrogen (secondary N) is 2. The molecule has 0 aliphatic rings. The molecule has 2 N–H and O–H groups in total. The van der Waals surface area contributed by atoms with Crippen LogP contribution in [0.4, 0.5) is 9.59 Å². The van der Waals surface area contributed by atoms with E-state index in [4.69, 9.17) is 47.4 Å².